The van der Waals surface area contributed by atoms with Gasteiger partial charge < -0.3 is 9.47 Å². The Kier molecular flexibility index (Phi) is 29.6. The number of carbonyl (C=O) groups is 2. The van der Waals surface area contributed by atoms with Crippen molar-refractivity contribution >= 4 is 33.1 Å². The molecule has 0 saturated heterocycles. The normalized spacial score (nSPS) is 10.2. The Hall–Kier alpha value is -0.261. The third-order valence-corrected chi connectivity index (χ3v) is 8.92. The number of ether oxygens (including phenoxy) is 2. The molecular weight excluding hydrogens is 471 g/mol. The zero-order valence-electron chi connectivity index (χ0n) is 19.9. The topological polar surface area (TPSA) is 52.6 Å². The van der Waals surface area contributed by atoms with Crippen LogP contribution in [-0.4, -0.2) is 47.3 Å². The van der Waals surface area contributed by atoms with E-state index in [1.807, 2.05) is 0 Å². The fraction of sp³-hybridized carbons (Fsp3) is 0.917. The molecule has 0 aromatic heterocycles. The van der Waals surface area contributed by atoms with E-state index in [0.29, 0.717) is 25.7 Å². The Morgan fingerprint density at radius 1 is 0.552 bits per heavy atom. The molecule has 0 aliphatic carbocycles. The molecule has 0 unspecified atom stereocenters. The molecule has 0 aliphatic rings. The molecule has 5 heteroatoms. The predicted octanol–water partition coefficient (Wildman–Crippen LogP) is 7.14. The van der Waals surface area contributed by atoms with Crippen molar-refractivity contribution in [1.82, 2.24) is 0 Å². The van der Waals surface area contributed by atoms with E-state index in [2.05, 4.69) is 23.3 Å². The number of carbonyl (C=O) groups excluding carboxylic acids is 2. The number of hydrogen-bond donors (Lipinski definition) is 0. The maximum atomic E-state index is 10.6. The van der Waals surface area contributed by atoms with Gasteiger partial charge in [0.15, 0.2) is 0 Å². The van der Waals surface area contributed by atoms with Gasteiger partial charge in [-0.25, -0.2) is 0 Å². The van der Waals surface area contributed by atoms with Gasteiger partial charge in [-0.3, -0.25) is 9.59 Å². The number of methoxy groups -OCH3 is 2. The van der Waals surface area contributed by atoms with Gasteiger partial charge >= 0.3 is 133 Å². The summed E-state index contributed by atoms with van der Waals surface area (Å²) in [6.07, 6.45) is 19.9. The molecule has 0 aromatic rings. The number of unbranched alkanes of at least 4 members (excludes halogenated alkanes) is 11. The summed E-state index contributed by atoms with van der Waals surface area (Å²) in [4.78, 5) is 21.2. The van der Waals surface area contributed by atoms with Crippen LogP contribution in [-0.2, 0) is 19.1 Å². The quantitative estimate of drug-likeness (QED) is 0.103. The Labute approximate surface area is 191 Å². The Morgan fingerprint density at radius 3 is 1.24 bits per heavy atom. The standard InChI is InChI=1S/C8H14O4.2C8H17.Sn/c1-11-7(9)5-3-4-6-8(10)12-2;2*1-3-5-7-8-6-4-2;/h3-6H2,1-2H3;2*1,3-8H2,2H3;. The molecule has 4 nitrogen and oxygen atoms in total. The van der Waals surface area contributed by atoms with Gasteiger partial charge in [-0.2, -0.15) is 0 Å². The second-order valence-electron chi connectivity index (χ2n) is 7.64. The van der Waals surface area contributed by atoms with Crippen LogP contribution in [0.25, 0.3) is 0 Å². The first-order chi connectivity index (χ1) is 14.1. The van der Waals surface area contributed by atoms with Crippen LogP contribution in [0.1, 0.15) is 117 Å². The summed E-state index contributed by atoms with van der Waals surface area (Å²) in [5, 5.41) is 0. The number of rotatable bonds is 19. The van der Waals surface area contributed by atoms with Crippen molar-refractivity contribution < 1.29 is 19.1 Å². The van der Waals surface area contributed by atoms with Crippen LogP contribution in [0.5, 0.6) is 0 Å². The van der Waals surface area contributed by atoms with Crippen molar-refractivity contribution in [2.45, 2.75) is 125 Å². The van der Waals surface area contributed by atoms with E-state index in [4.69, 9.17) is 0 Å². The molecule has 172 valence electrons. The van der Waals surface area contributed by atoms with Gasteiger partial charge in [-0.15, -0.1) is 0 Å². The molecule has 0 N–H and O–H groups in total. The largest absolute Gasteiger partial charge is 0.469 e. The van der Waals surface area contributed by atoms with Gasteiger partial charge in [0.1, 0.15) is 0 Å². The SMILES string of the molecule is CCCCCCC[CH2][Sn][CH2]CCCCCCC.COC(=O)CCCCC(=O)OC. The first kappa shape index (κ1) is 30.9. The van der Waals surface area contributed by atoms with Crippen molar-refractivity contribution in [3.05, 3.63) is 0 Å². The van der Waals surface area contributed by atoms with Crippen molar-refractivity contribution in [3.8, 4) is 0 Å². The van der Waals surface area contributed by atoms with Crippen LogP contribution in [0.3, 0.4) is 0 Å². The Balaban J connectivity index is 0. The molecular formula is C24H48O4Sn. The van der Waals surface area contributed by atoms with E-state index in [9.17, 15) is 9.59 Å². The molecule has 0 aromatic carbocycles. The molecule has 0 atom stereocenters. The molecule has 0 fully saturated rings. The monoisotopic (exact) mass is 520 g/mol. The smallest absolute Gasteiger partial charge is 0.305 e. The molecule has 29 heavy (non-hydrogen) atoms. The van der Waals surface area contributed by atoms with E-state index in [0.717, 1.165) is 0 Å². The fourth-order valence-electron chi connectivity index (χ4n) is 2.93. The van der Waals surface area contributed by atoms with Crippen molar-refractivity contribution in [1.29, 1.82) is 0 Å². The first-order valence-corrected chi connectivity index (χ1v) is 16.0. The van der Waals surface area contributed by atoms with Gasteiger partial charge in [-0.1, -0.05) is 0 Å². The van der Waals surface area contributed by atoms with Crippen molar-refractivity contribution in [3.63, 3.8) is 0 Å². The van der Waals surface area contributed by atoms with E-state index >= 15 is 0 Å². The van der Waals surface area contributed by atoms with E-state index in [1.54, 1.807) is 21.7 Å². The van der Waals surface area contributed by atoms with E-state index in [-0.39, 0.29) is 33.1 Å². The average Bonchev–Trinajstić information content (AvgIpc) is 2.74. The Bertz CT molecular complexity index is 316. The third-order valence-electron chi connectivity index (χ3n) is 4.88. The van der Waals surface area contributed by atoms with E-state index < -0.39 is 0 Å². The van der Waals surface area contributed by atoms with Crippen LogP contribution in [0.15, 0.2) is 0 Å². The summed E-state index contributed by atoms with van der Waals surface area (Å²) in [6, 6.07) is 0. The molecule has 0 saturated carbocycles. The summed E-state index contributed by atoms with van der Waals surface area (Å²) in [7, 11) is 2.70. The van der Waals surface area contributed by atoms with Crippen LogP contribution < -0.4 is 0 Å². The maximum absolute atomic E-state index is 10.6. The van der Waals surface area contributed by atoms with E-state index in [1.165, 1.54) is 78.4 Å². The minimum atomic E-state index is -0.236. The summed E-state index contributed by atoms with van der Waals surface area (Å²) in [5.74, 6) is -0.472. The van der Waals surface area contributed by atoms with Crippen LogP contribution in [0.2, 0.25) is 8.87 Å². The number of esters is 2. The van der Waals surface area contributed by atoms with Gasteiger partial charge in [0.2, 0.25) is 0 Å². The van der Waals surface area contributed by atoms with Gasteiger partial charge in [-0.05, 0) is 12.8 Å². The number of hydrogen-bond acceptors (Lipinski definition) is 4. The van der Waals surface area contributed by atoms with Crippen LogP contribution in [0.4, 0.5) is 0 Å². The molecule has 2 radical (unpaired) electrons. The minimum absolute atomic E-state index is 0.0736. The van der Waals surface area contributed by atoms with Gasteiger partial charge in [0.05, 0.1) is 14.2 Å². The summed E-state index contributed by atoms with van der Waals surface area (Å²) < 4.78 is 12.2. The second kappa shape index (κ2) is 27.7. The zero-order valence-corrected chi connectivity index (χ0v) is 22.7. The average molecular weight is 519 g/mol. The zero-order chi connectivity index (χ0) is 22.0. The van der Waals surface area contributed by atoms with Crippen LogP contribution >= 0.6 is 0 Å². The molecule has 0 aliphatic heterocycles. The molecule has 0 amide bonds. The molecule has 0 heterocycles. The summed E-state index contributed by atoms with van der Waals surface area (Å²) >= 11 is 0.0736. The molecule has 0 spiro atoms. The predicted molar refractivity (Wildman–Crippen MR) is 125 cm³/mol. The van der Waals surface area contributed by atoms with Gasteiger partial charge in [0.25, 0.3) is 0 Å². The summed E-state index contributed by atoms with van der Waals surface area (Å²) in [5.41, 5.74) is 0. The van der Waals surface area contributed by atoms with Crippen LogP contribution in [0, 0.1) is 0 Å². The minimum Gasteiger partial charge on any atom is -0.469 e. The second-order valence-corrected chi connectivity index (χ2v) is 11.9. The third kappa shape index (κ3) is 30.0. The molecule has 0 rings (SSSR count). The maximum Gasteiger partial charge on any atom is 0.305 e. The van der Waals surface area contributed by atoms with Gasteiger partial charge in [0, 0.05) is 12.8 Å². The van der Waals surface area contributed by atoms with Crippen molar-refractivity contribution in [2.75, 3.05) is 14.2 Å². The summed E-state index contributed by atoms with van der Waals surface area (Å²) in [6.45, 7) is 4.60. The molecule has 0 bridgehead atoms. The Morgan fingerprint density at radius 2 is 0.897 bits per heavy atom. The van der Waals surface area contributed by atoms with Crippen molar-refractivity contribution in [2.24, 2.45) is 0 Å². The first-order valence-electron chi connectivity index (χ1n) is 12.0. The fourth-order valence-corrected chi connectivity index (χ4v) is 6.50.